The largest absolute Gasteiger partial charge is 0.455 e. The van der Waals surface area contributed by atoms with Crippen LogP contribution in [0.4, 0.5) is 17.1 Å². The second-order valence-electron chi connectivity index (χ2n) is 16.5. The third-order valence-electron chi connectivity index (χ3n) is 12.7. The zero-order valence-corrected chi connectivity index (χ0v) is 35.0. The Kier molecular flexibility index (Phi) is 9.20. The van der Waals surface area contributed by atoms with E-state index in [9.17, 15) is 0 Å². The fourth-order valence-electron chi connectivity index (χ4n) is 9.38. The molecule has 0 N–H and O–H groups in total. The standard InChI is InChI=1S/C62H41NO/c1-2-12-49-41-52(27-26-42(49)10-1)51-15-7-14-50(40-51)45-24-22-43(23-25-45)44-28-34-53(35-29-44)63(54-36-30-47(31-37-54)57-18-8-13-46-11-3-4-16-56(46)57)55-38-32-48(33-39-55)58-19-9-20-60-59-17-5-6-21-61(59)64-62(58)60/h1-41H. The fourth-order valence-corrected chi connectivity index (χ4v) is 9.38. The summed E-state index contributed by atoms with van der Waals surface area (Å²) in [5.41, 5.74) is 16.8. The van der Waals surface area contributed by atoms with Crippen molar-refractivity contribution >= 4 is 60.5 Å². The average Bonchev–Trinajstić information content (AvgIpc) is 3.76. The Bertz CT molecular complexity index is 3630. The van der Waals surface area contributed by atoms with Crippen LogP contribution in [0.2, 0.25) is 0 Å². The molecule has 1 aromatic heterocycles. The summed E-state index contributed by atoms with van der Waals surface area (Å²) in [4.78, 5) is 2.34. The topological polar surface area (TPSA) is 16.4 Å². The minimum absolute atomic E-state index is 0.904. The minimum atomic E-state index is 0.904. The number of para-hydroxylation sites is 2. The second kappa shape index (κ2) is 15.8. The summed E-state index contributed by atoms with van der Waals surface area (Å²) in [5.74, 6) is 0. The minimum Gasteiger partial charge on any atom is -0.455 e. The molecular weight excluding hydrogens is 775 g/mol. The van der Waals surface area contributed by atoms with E-state index in [-0.39, 0.29) is 0 Å². The lowest BCUT2D eigenvalue weighted by atomic mass is 9.96. The molecule has 12 aromatic rings. The zero-order chi connectivity index (χ0) is 42.4. The molecule has 0 saturated carbocycles. The third kappa shape index (κ3) is 6.79. The van der Waals surface area contributed by atoms with Crippen LogP contribution in [-0.4, -0.2) is 0 Å². The number of hydrogen-bond acceptors (Lipinski definition) is 2. The van der Waals surface area contributed by atoms with Crippen molar-refractivity contribution in [3.05, 3.63) is 249 Å². The maximum absolute atomic E-state index is 6.43. The van der Waals surface area contributed by atoms with Gasteiger partial charge in [0.25, 0.3) is 0 Å². The van der Waals surface area contributed by atoms with Gasteiger partial charge in [-0.2, -0.15) is 0 Å². The van der Waals surface area contributed by atoms with Crippen molar-refractivity contribution in [2.45, 2.75) is 0 Å². The Hall–Kier alpha value is -8.46. The van der Waals surface area contributed by atoms with Crippen LogP contribution in [0.3, 0.4) is 0 Å². The Morgan fingerprint density at radius 2 is 0.688 bits per heavy atom. The highest BCUT2D eigenvalue weighted by atomic mass is 16.3. The van der Waals surface area contributed by atoms with Gasteiger partial charge in [-0.25, -0.2) is 0 Å². The van der Waals surface area contributed by atoms with E-state index in [0.29, 0.717) is 0 Å². The normalized spacial score (nSPS) is 11.4. The molecule has 0 bridgehead atoms. The molecular formula is C62H41NO. The molecule has 0 aliphatic rings. The summed E-state index contributed by atoms with van der Waals surface area (Å²) in [7, 11) is 0. The highest BCUT2D eigenvalue weighted by molar-refractivity contribution is 6.09. The van der Waals surface area contributed by atoms with E-state index < -0.39 is 0 Å². The average molecular weight is 816 g/mol. The first-order valence-corrected chi connectivity index (χ1v) is 21.9. The fraction of sp³-hybridized carbons (Fsp3) is 0. The van der Waals surface area contributed by atoms with Crippen LogP contribution in [0.1, 0.15) is 0 Å². The first-order valence-electron chi connectivity index (χ1n) is 21.9. The summed E-state index contributed by atoms with van der Waals surface area (Å²) in [6.07, 6.45) is 0. The van der Waals surface area contributed by atoms with Crippen molar-refractivity contribution in [1.29, 1.82) is 0 Å². The molecule has 2 heteroatoms. The van der Waals surface area contributed by atoms with Gasteiger partial charge in [0, 0.05) is 33.4 Å². The van der Waals surface area contributed by atoms with Gasteiger partial charge in [0.15, 0.2) is 0 Å². The molecule has 0 radical (unpaired) electrons. The smallest absolute Gasteiger partial charge is 0.143 e. The van der Waals surface area contributed by atoms with Gasteiger partial charge in [-0.05, 0) is 126 Å². The molecule has 0 unspecified atom stereocenters. The highest BCUT2D eigenvalue weighted by Gasteiger charge is 2.17. The second-order valence-corrected chi connectivity index (χ2v) is 16.5. The number of rotatable bonds is 8. The Balaban J connectivity index is 0.869. The van der Waals surface area contributed by atoms with Crippen LogP contribution in [-0.2, 0) is 0 Å². The molecule has 0 spiro atoms. The van der Waals surface area contributed by atoms with Gasteiger partial charge >= 0.3 is 0 Å². The first-order chi connectivity index (χ1) is 31.7. The molecule has 12 rings (SSSR count). The lowest BCUT2D eigenvalue weighted by molar-refractivity contribution is 0.670. The predicted octanol–water partition coefficient (Wildman–Crippen LogP) is 17.7. The van der Waals surface area contributed by atoms with Crippen LogP contribution in [0, 0.1) is 0 Å². The molecule has 0 aliphatic heterocycles. The van der Waals surface area contributed by atoms with Gasteiger partial charge in [0.05, 0.1) is 0 Å². The van der Waals surface area contributed by atoms with Crippen molar-refractivity contribution in [2.24, 2.45) is 0 Å². The molecule has 1 heterocycles. The van der Waals surface area contributed by atoms with E-state index >= 15 is 0 Å². The summed E-state index contributed by atoms with van der Waals surface area (Å²) in [6, 6.07) is 89.6. The summed E-state index contributed by atoms with van der Waals surface area (Å²) in [5, 5.41) is 7.27. The first kappa shape index (κ1) is 37.3. The Morgan fingerprint density at radius 1 is 0.250 bits per heavy atom. The molecule has 2 nitrogen and oxygen atoms in total. The maximum atomic E-state index is 6.43. The molecule has 0 atom stereocenters. The van der Waals surface area contributed by atoms with Crippen molar-refractivity contribution < 1.29 is 4.42 Å². The molecule has 0 aliphatic carbocycles. The van der Waals surface area contributed by atoms with Crippen LogP contribution >= 0.6 is 0 Å². The predicted molar refractivity (Wildman–Crippen MR) is 271 cm³/mol. The highest BCUT2D eigenvalue weighted by Crippen LogP contribution is 2.41. The molecule has 0 saturated heterocycles. The van der Waals surface area contributed by atoms with E-state index in [4.69, 9.17) is 4.42 Å². The van der Waals surface area contributed by atoms with Gasteiger partial charge in [0.2, 0.25) is 0 Å². The number of benzene rings is 11. The molecule has 0 fully saturated rings. The quantitative estimate of drug-likeness (QED) is 0.152. The molecule has 11 aromatic carbocycles. The van der Waals surface area contributed by atoms with Gasteiger partial charge in [-0.15, -0.1) is 0 Å². The number of furan rings is 1. The zero-order valence-electron chi connectivity index (χ0n) is 35.0. The van der Waals surface area contributed by atoms with E-state index in [1.54, 1.807) is 0 Å². The lowest BCUT2D eigenvalue weighted by Crippen LogP contribution is -2.09. The SMILES string of the molecule is c1cc(-c2ccc(-c3ccc(N(c4ccc(-c5cccc6ccccc56)cc4)c4ccc(-c5cccc6c5oc5ccccc56)cc4)cc3)cc2)cc(-c2ccc3ccccc3c2)c1. The van der Waals surface area contributed by atoms with Crippen molar-refractivity contribution in [3.8, 4) is 55.6 Å². The number of nitrogens with zero attached hydrogens (tertiary/aromatic N) is 1. The molecule has 0 amide bonds. The monoisotopic (exact) mass is 815 g/mol. The summed E-state index contributed by atoms with van der Waals surface area (Å²) < 4.78 is 6.43. The van der Waals surface area contributed by atoms with Gasteiger partial charge in [-0.3, -0.25) is 0 Å². The van der Waals surface area contributed by atoms with Crippen molar-refractivity contribution in [3.63, 3.8) is 0 Å². The van der Waals surface area contributed by atoms with Crippen LogP contribution < -0.4 is 4.90 Å². The lowest BCUT2D eigenvalue weighted by Gasteiger charge is -2.26. The molecule has 64 heavy (non-hydrogen) atoms. The van der Waals surface area contributed by atoms with Crippen molar-refractivity contribution in [2.75, 3.05) is 4.90 Å². The number of anilines is 3. The Labute approximate surface area is 372 Å². The van der Waals surface area contributed by atoms with Crippen LogP contribution in [0.15, 0.2) is 253 Å². The Morgan fingerprint density at radius 3 is 1.39 bits per heavy atom. The number of fused-ring (bicyclic) bond motifs is 5. The van der Waals surface area contributed by atoms with E-state index in [0.717, 1.165) is 50.1 Å². The summed E-state index contributed by atoms with van der Waals surface area (Å²) >= 11 is 0. The third-order valence-corrected chi connectivity index (χ3v) is 12.7. The van der Waals surface area contributed by atoms with Gasteiger partial charge < -0.3 is 9.32 Å². The molecule has 300 valence electrons. The van der Waals surface area contributed by atoms with Crippen LogP contribution in [0.25, 0.3) is 99.1 Å². The maximum Gasteiger partial charge on any atom is 0.143 e. The van der Waals surface area contributed by atoms with E-state index in [1.807, 2.05) is 12.1 Å². The van der Waals surface area contributed by atoms with Crippen molar-refractivity contribution in [1.82, 2.24) is 0 Å². The van der Waals surface area contributed by atoms with Gasteiger partial charge in [0.1, 0.15) is 11.2 Å². The number of hydrogen-bond donors (Lipinski definition) is 0. The van der Waals surface area contributed by atoms with Gasteiger partial charge in [-0.1, -0.05) is 194 Å². The van der Waals surface area contributed by atoms with E-state index in [2.05, 4.69) is 241 Å². The van der Waals surface area contributed by atoms with E-state index in [1.165, 1.54) is 66.1 Å². The van der Waals surface area contributed by atoms with Crippen LogP contribution in [0.5, 0.6) is 0 Å². The summed E-state index contributed by atoms with van der Waals surface area (Å²) in [6.45, 7) is 0.